The van der Waals surface area contributed by atoms with Gasteiger partial charge in [-0.05, 0) is 50.2 Å². The maximum atomic E-state index is 15.0. The zero-order valence-corrected chi connectivity index (χ0v) is 19.4. The number of rotatable bonds is 5. The van der Waals surface area contributed by atoms with E-state index in [4.69, 9.17) is 16.3 Å². The first-order valence-electron chi connectivity index (χ1n) is 9.93. The largest absolute Gasteiger partial charge is 0.473 e. The number of halogens is 3. The van der Waals surface area contributed by atoms with Gasteiger partial charge in [-0.15, -0.1) is 5.10 Å². The van der Waals surface area contributed by atoms with E-state index in [0.717, 1.165) is 12.1 Å². The SMILES string of the molecule is CC(C)Oc1n[nH]c2ncc(C#Cc3c(F)ccc(NS(=O)(=O)c4cccc(Cl)c4)c3F)cc12. The first-order chi connectivity index (χ1) is 16.1. The van der Waals surface area contributed by atoms with Crippen LogP contribution in [0.15, 0.2) is 53.6 Å². The van der Waals surface area contributed by atoms with Gasteiger partial charge in [-0.2, -0.15) is 0 Å². The summed E-state index contributed by atoms with van der Waals surface area (Å²) in [5, 5.41) is 7.53. The molecule has 0 atom stereocenters. The van der Waals surface area contributed by atoms with Crippen LogP contribution in [0.5, 0.6) is 5.88 Å². The maximum absolute atomic E-state index is 15.0. The van der Waals surface area contributed by atoms with Crippen LogP contribution < -0.4 is 9.46 Å². The Morgan fingerprint density at radius 1 is 1.15 bits per heavy atom. The topological polar surface area (TPSA) is 97.0 Å². The lowest BCUT2D eigenvalue weighted by Crippen LogP contribution is -2.14. The van der Waals surface area contributed by atoms with Gasteiger partial charge in [0.05, 0.1) is 27.6 Å². The number of fused-ring (bicyclic) bond motifs is 1. The highest BCUT2D eigenvalue weighted by atomic mass is 35.5. The van der Waals surface area contributed by atoms with Gasteiger partial charge < -0.3 is 4.74 Å². The Kier molecular flexibility index (Phi) is 6.41. The average molecular weight is 503 g/mol. The lowest BCUT2D eigenvalue weighted by molar-refractivity contribution is 0.235. The fourth-order valence-corrected chi connectivity index (χ4v) is 4.34. The first kappa shape index (κ1) is 23.5. The van der Waals surface area contributed by atoms with E-state index in [2.05, 4.69) is 31.7 Å². The molecular weight excluding hydrogens is 486 g/mol. The summed E-state index contributed by atoms with van der Waals surface area (Å²) in [6.45, 7) is 3.69. The third-order valence-corrected chi connectivity index (χ3v) is 6.10. The van der Waals surface area contributed by atoms with E-state index < -0.39 is 32.9 Å². The fourth-order valence-electron chi connectivity index (χ4n) is 2.98. The van der Waals surface area contributed by atoms with Gasteiger partial charge in [-0.3, -0.25) is 9.82 Å². The maximum Gasteiger partial charge on any atom is 0.262 e. The molecule has 2 N–H and O–H groups in total. The minimum Gasteiger partial charge on any atom is -0.473 e. The number of nitrogens with zero attached hydrogens (tertiary/aromatic N) is 2. The van der Waals surface area contributed by atoms with Crippen LogP contribution in [0, 0.1) is 23.5 Å². The standard InChI is InChI=1S/C23H17ClF2N4O3S/c1-13(2)33-23-18-10-14(12-27-22(18)28-29-23)6-7-17-19(25)8-9-20(21(17)26)30-34(31,32)16-5-3-4-15(24)11-16/h3-5,8-13,30H,1-2H3,(H,27,28,29). The third-order valence-electron chi connectivity index (χ3n) is 4.50. The predicted molar refractivity (Wildman–Crippen MR) is 124 cm³/mol. The van der Waals surface area contributed by atoms with E-state index in [0.29, 0.717) is 22.5 Å². The van der Waals surface area contributed by atoms with Gasteiger partial charge in [0.1, 0.15) is 5.82 Å². The number of aromatic amines is 1. The molecular formula is C23H17ClF2N4O3S. The molecule has 0 aliphatic heterocycles. The molecule has 0 aliphatic rings. The predicted octanol–water partition coefficient (Wildman–Crippen LogP) is 4.88. The van der Waals surface area contributed by atoms with Crippen molar-refractivity contribution in [2.24, 2.45) is 0 Å². The van der Waals surface area contributed by atoms with Crippen molar-refractivity contribution in [2.45, 2.75) is 24.8 Å². The molecule has 0 spiro atoms. The van der Waals surface area contributed by atoms with Crippen molar-refractivity contribution in [2.75, 3.05) is 4.72 Å². The third kappa shape index (κ3) is 4.95. The summed E-state index contributed by atoms with van der Waals surface area (Å²) in [6.07, 6.45) is 1.29. The lowest BCUT2D eigenvalue weighted by Gasteiger charge is -2.10. The van der Waals surface area contributed by atoms with Crippen LogP contribution in [0.4, 0.5) is 14.5 Å². The molecule has 2 aromatic heterocycles. The molecule has 0 fully saturated rings. The van der Waals surface area contributed by atoms with Crippen molar-refractivity contribution in [1.82, 2.24) is 15.2 Å². The quantitative estimate of drug-likeness (QED) is 0.379. The van der Waals surface area contributed by atoms with Crippen molar-refractivity contribution in [3.8, 4) is 17.7 Å². The molecule has 2 heterocycles. The molecule has 0 radical (unpaired) electrons. The minimum atomic E-state index is -4.17. The van der Waals surface area contributed by atoms with Crippen LogP contribution in [0.25, 0.3) is 11.0 Å². The highest BCUT2D eigenvalue weighted by Gasteiger charge is 2.20. The normalized spacial score (nSPS) is 11.4. The van der Waals surface area contributed by atoms with E-state index in [-0.39, 0.29) is 16.0 Å². The van der Waals surface area contributed by atoms with Gasteiger partial charge >= 0.3 is 0 Å². The summed E-state index contributed by atoms with van der Waals surface area (Å²) in [5.74, 6) is 3.30. The molecule has 4 aromatic rings. The van der Waals surface area contributed by atoms with E-state index in [1.54, 1.807) is 6.07 Å². The van der Waals surface area contributed by atoms with E-state index >= 15 is 4.39 Å². The number of hydrogen-bond donors (Lipinski definition) is 2. The van der Waals surface area contributed by atoms with Crippen LogP contribution in [0.1, 0.15) is 25.0 Å². The van der Waals surface area contributed by atoms with E-state index in [1.165, 1.54) is 30.5 Å². The van der Waals surface area contributed by atoms with Gasteiger partial charge in [0.2, 0.25) is 5.88 Å². The van der Waals surface area contributed by atoms with Crippen LogP contribution in [-0.4, -0.2) is 29.7 Å². The van der Waals surface area contributed by atoms with Crippen LogP contribution in [0.3, 0.4) is 0 Å². The van der Waals surface area contributed by atoms with Gasteiger partial charge in [-0.25, -0.2) is 22.2 Å². The molecule has 7 nitrogen and oxygen atoms in total. The molecule has 11 heteroatoms. The second-order valence-electron chi connectivity index (χ2n) is 7.41. The Labute approximate surface area is 199 Å². The minimum absolute atomic E-state index is 0.122. The van der Waals surface area contributed by atoms with Crippen molar-refractivity contribution < 1.29 is 21.9 Å². The highest BCUT2D eigenvalue weighted by Crippen LogP contribution is 2.25. The lowest BCUT2D eigenvalue weighted by atomic mass is 10.1. The number of hydrogen-bond acceptors (Lipinski definition) is 5. The Bertz CT molecular complexity index is 1560. The van der Waals surface area contributed by atoms with Crippen LogP contribution in [-0.2, 0) is 10.0 Å². The molecule has 34 heavy (non-hydrogen) atoms. The number of sulfonamides is 1. The van der Waals surface area contributed by atoms with Crippen molar-refractivity contribution >= 4 is 38.3 Å². The molecule has 0 amide bonds. The number of aromatic nitrogens is 3. The van der Waals surface area contributed by atoms with Crippen molar-refractivity contribution in [1.29, 1.82) is 0 Å². The summed E-state index contributed by atoms with van der Waals surface area (Å²) < 4.78 is 62.3. The van der Waals surface area contributed by atoms with Gasteiger partial charge in [-0.1, -0.05) is 29.5 Å². The van der Waals surface area contributed by atoms with Gasteiger partial charge in [0.25, 0.3) is 10.0 Å². The number of pyridine rings is 1. The summed E-state index contributed by atoms with van der Waals surface area (Å²) in [4.78, 5) is 4.01. The van der Waals surface area contributed by atoms with Gasteiger partial charge in [0, 0.05) is 16.8 Å². The molecule has 0 aliphatic carbocycles. The smallest absolute Gasteiger partial charge is 0.262 e. The van der Waals surface area contributed by atoms with Crippen LogP contribution in [0.2, 0.25) is 5.02 Å². The zero-order chi connectivity index (χ0) is 24.5. The number of nitrogens with one attached hydrogen (secondary N) is 2. The molecule has 4 rings (SSSR count). The highest BCUT2D eigenvalue weighted by molar-refractivity contribution is 7.92. The summed E-state index contributed by atoms with van der Waals surface area (Å²) in [7, 11) is -4.17. The number of H-pyrrole nitrogens is 1. The molecule has 0 saturated heterocycles. The zero-order valence-electron chi connectivity index (χ0n) is 17.9. The van der Waals surface area contributed by atoms with Crippen molar-refractivity contribution in [3.63, 3.8) is 0 Å². The second-order valence-corrected chi connectivity index (χ2v) is 9.53. The molecule has 0 saturated carbocycles. The summed E-state index contributed by atoms with van der Waals surface area (Å²) in [6, 6.07) is 8.98. The molecule has 174 valence electrons. The Hall–Kier alpha value is -3.68. The number of ether oxygens (including phenoxy) is 1. The van der Waals surface area contributed by atoms with E-state index in [9.17, 15) is 12.8 Å². The summed E-state index contributed by atoms with van der Waals surface area (Å²) >= 11 is 5.84. The van der Waals surface area contributed by atoms with Gasteiger partial charge in [0.15, 0.2) is 11.5 Å². The first-order valence-corrected chi connectivity index (χ1v) is 11.8. The average Bonchev–Trinajstić information content (AvgIpc) is 3.17. The molecule has 2 aromatic carbocycles. The Morgan fingerprint density at radius 3 is 2.68 bits per heavy atom. The summed E-state index contributed by atoms with van der Waals surface area (Å²) in [5.41, 5.74) is -0.235. The van der Waals surface area contributed by atoms with E-state index in [1.807, 2.05) is 13.8 Å². The molecule has 0 bridgehead atoms. The second kappa shape index (κ2) is 9.29. The Morgan fingerprint density at radius 2 is 1.94 bits per heavy atom. The number of anilines is 1. The molecule has 0 unspecified atom stereocenters. The fraction of sp³-hybridized carbons (Fsp3) is 0.130. The van der Waals surface area contributed by atoms with Crippen molar-refractivity contribution in [3.05, 3.63) is 76.4 Å². The monoisotopic (exact) mass is 502 g/mol. The Balaban J connectivity index is 1.68. The van der Waals surface area contributed by atoms with Crippen LogP contribution >= 0.6 is 11.6 Å². The number of benzene rings is 2.